The summed E-state index contributed by atoms with van der Waals surface area (Å²) in [7, 11) is 0. The van der Waals surface area contributed by atoms with Gasteiger partial charge < -0.3 is 10.7 Å². The Morgan fingerprint density at radius 1 is 1.29 bits per heavy atom. The maximum Gasteiger partial charge on any atom is 0.258 e. The average Bonchev–Trinajstić information content (AvgIpc) is 2.47. The minimum Gasteiger partial charge on any atom is -0.381 e. The van der Waals surface area contributed by atoms with Crippen LogP contribution in [0.1, 0.15) is 5.82 Å². The molecule has 0 saturated heterocycles. The highest BCUT2D eigenvalue weighted by Gasteiger charge is 2.07. The highest BCUT2D eigenvalue weighted by Crippen LogP contribution is 2.23. The van der Waals surface area contributed by atoms with Crippen molar-refractivity contribution < 1.29 is 0 Å². The second-order valence-corrected chi connectivity index (χ2v) is 5.61. The molecular weight excluding hydrogens is 310 g/mol. The number of anilines is 1. The molecule has 0 aliphatic carbocycles. The Kier molecular flexibility index (Phi) is 3.76. The number of nitrogens with two attached hydrogens (primary N) is 1. The molecule has 6 nitrogen and oxygen atoms in total. The molecule has 0 fully saturated rings. The van der Waals surface area contributed by atoms with E-state index in [0.717, 1.165) is 0 Å². The zero-order valence-corrected chi connectivity index (χ0v) is 12.3. The molecule has 1 aromatic carbocycles. The van der Waals surface area contributed by atoms with Gasteiger partial charge in [-0.2, -0.15) is 0 Å². The van der Waals surface area contributed by atoms with Crippen molar-refractivity contribution in [2.75, 3.05) is 5.73 Å². The number of thioether (sulfide) groups is 1. The predicted octanol–water partition coefficient (Wildman–Crippen LogP) is 2.24. The quantitative estimate of drug-likeness (QED) is 0.718. The van der Waals surface area contributed by atoms with Crippen LogP contribution in [0.5, 0.6) is 0 Å². The highest BCUT2D eigenvalue weighted by atomic mass is 35.5. The fraction of sp³-hybridized carbons (Fsp3) is 0.0769. The number of nitrogen functional groups attached to an aromatic ring is 1. The molecule has 0 atom stereocenters. The lowest BCUT2D eigenvalue weighted by Gasteiger charge is -2.04. The maximum absolute atomic E-state index is 12.0. The monoisotopic (exact) mass is 319 g/mol. The minimum atomic E-state index is -0.217. The van der Waals surface area contributed by atoms with E-state index in [1.54, 1.807) is 24.4 Å². The third-order valence-corrected chi connectivity index (χ3v) is 3.99. The van der Waals surface area contributed by atoms with Gasteiger partial charge >= 0.3 is 0 Å². The fourth-order valence-corrected chi connectivity index (χ4v) is 2.73. The molecule has 0 unspecified atom stereocenters. The third-order valence-electron chi connectivity index (χ3n) is 2.75. The number of hydrogen-bond acceptors (Lipinski definition) is 6. The number of H-pyrrole nitrogens is 1. The first-order chi connectivity index (χ1) is 10.1. The van der Waals surface area contributed by atoms with E-state index in [4.69, 9.17) is 17.3 Å². The number of aromatic amines is 1. The van der Waals surface area contributed by atoms with E-state index in [2.05, 4.69) is 19.9 Å². The van der Waals surface area contributed by atoms with Crippen LogP contribution in [-0.4, -0.2) is 19.9 Å². The Morgan fingerprint density at radius 3 is 2.90 bits per heavy atom. The molecule has 3 aromatic rings. The van der Waals surface area contributed by atoms with Crippen LogP contribution < -0.4 is 11.3 Å². The van der Waals surface area contributed by atoms with E-state index < -0.39 is 0 Å². The second kappa shape index (κ2) is 5.71. The fourth-order valence-electron chi connectivity index (χ4n) is 1.81. The Hall–Kier alpha value is -2.12. The van der Waals surface area contributed by atoms with Gasteiger partial charge in [0.25, 0.3) is 5.56 Å². The van der Waals surface area contributed by atoms with Crippen molar-refractivity contribution in [3.63, 3.8) is 0 Å². The summed E-state index contributed by atoms with van der Waals surface area (Å²) >= 11 is 7.24. The molecule has 3 N–H and O–H groups in total. The van der Waals surface area contributed by atoms with Gasteiger partial charge in [-0.1, -0.05) is 23.4 Å². The first kappa shape index (κ1) is 13.8. The molecule has 2 aromatic heterocycles. The Balaban J connectivity index is 1.90. The number of hydrogen-bond donors (Lipinski definition) is 2. The van der Waals surface area contributed by atoms with E-state index in [1.807, 2.05) is 0 Å². The molecule has 0 aliphatic rings. The number of halogens is 1. The van der Waals surface area contributed by atoms with Crippen molar-refractivity contribution in [1.29, 1.82) is 0 Å². The molecule has 0 aliphatic heterocycles. The topological polar surface area (TPSA) is 97.5 Å². The SMILES string of the molecule is Nc1nccnc1SCc1nc2ccc(Cl)cc2c(=O)[nH]1. The molecule has 21 heavy (non-hydrogen) atoms. The molecule has 0 bridgehead atoms. The lowest BCUT2D eigenvalue weighted by atomic mass is 10.2. The van der Waals surface area contributed by atoms with Gasteiger partial charge in [-0.15, -0.1) is 0 Å². The molecule has 0 radical (unpaired) electrons. The van der Waals surface area contributed by atoms with Gasteiger partial charge in [-0.25, -0.2) is 15.0 Å². The van der Waals surface area contributed by atoms with E-state index in [9.17, 15) is 4.79 Å². The summed E-state index contributed by atoms with van der Waals surface area (Å²) < 4.78 is 0. The van der Waals surface area contributed by atoms with Crippen molar-refractivity contribution in [1.82, 2.24) is 19.9 Å². The number of rotatable bonds is 3. The van der Waals surface area contributed by atoms with Crippen LogP contribution in [0, 0.1) is 0 Å². The summed E-state index contributed by atoms with van der Waals surface area (Å²) in [6.07, 6.45) is 3.09. The van der Waals surface area contributed by atoms with Crippen LogP contribution in [0.4, 0.5) is 5.82 Å². The zero-order valence-electron chi connectivity index (χ0n) is 10.7. The second-order valence-electron chi connectivity index (χ2n) is 4.21. The summed E-state index contributed by atoms with van der Waals surface area (Å²) in [6, 6.07) is 5.02. The third kappa shape index (κ3) is 2.98. The van der Waals surface area contributed by atoms with E-state index >= 15 is 0 Å². The smallest absolute Gasteiger partial charge is 0.258 e. The number of aromatic nitrogens is 4. The first-order valence-electron chi connectivity index (χ1n) is 6.01. The summed E-state index contributed by atoms with van der Waals surface area (Å²) in [5.41, 5.74) is 6.11. The minimum absolute atomic E-state index is 0.217. The molecule has 2 heterocycles. The van der Waals surface area contributed by atoms with Crippen molar-refractivity contribution in [2.24, 2.45) is 0 Å². The molecule has 106 valence electrons. The molecule has 0 spiro atoms. The molecule has 0 saturated carbocycles. The predicted molar refractivity (Wildman–Crippen MR) is 83.4 cm³/mol. The van der Waals surface area contributed by atoms with Crippen molar-refractivity contribution in [2.45, 2.75) is 10.8 Å². The van der Waals surface area contributed by atoms with Gasteiger partial charge in [0.2, 0.25) is 0 Å². The highest BCUT2D eigenvalue weighted by molar-refractivity contribution is 7.98. The standard InChI is InChI=1S/C13H10ClN5OS/c14-7-1-2-9-8(5-7)12(20)19-10(18-9)6-21-13-11(15)16-3-4-17-13/h1-5H,6H2,(H2,15,16)(H,18,19,20). The summed E-state index contributed by atoms with van der Waals surface area (Å²) in [5, 5.41) is 1.58. The van der Waals surface area contributed by atoms with Crippen molar-refractivity contribution in [3.8, 4) is 0 Å². The van der Waals surface area contributed by atoms with Crippen LogP contribution in [-0.2, 0) is 5.75 Å². The summed E-state index contributed by atoms with van der Waals surface area (Å²) in [6.45, 7) is 0. The van der Waals surface area contributed by atoms with Gasteiger partial charge in [-0.05, 0) is 18.2 Å². The molecular formula is C13H10ClN5OS. The first-order valence-corrected chi connectivity index (χ1v) is 7.37. The number of nitrogens with zero attached hydrogens (tertiary/aromatic N) is 3. The van der Waals surface area contributed by atoms with Crippen molar-refractivity contribution >= 4 is 40.1 Å². The van der Waals surface area contributed by atoms with Gasteiger partial charge in [0.1, 0.15) is 10.9 Å². The lowest BCUT2D eigenvalue weighted by molar-refractivity contribution is 1.03. The molecule has 8 heteroatoms. The van der Waals surface area contributed by atoms with Crippen LogP contribution in [0.3, 0.4) is 0 Å². The van der Waals surface area contributed by atoms with Gasteiger partial charge in [0.15, 0.2) is 5.82 Å². The Morgan fingerprint density at radius 2 is 2.10 bits per heavy atom. The van der Waals surface area contributed by atoms with Gasteiger partial charge in [0.05, 0.1) is 16.7 Å². The van der Waals surface area contributed by atoms with E-state index in [1.165, 1.54) is 18.0 Å². The summed E-state index contributed by atoms with van der Waals surface area (Å²) in [4.78, 5) is 27.2. The van der Waals surface area contributed by atoms with Gasteiger partial charge in [-0.3, -0.25) is 4.79 Å². The normalized spacial score (nSPS) is 10.9. The van der Waals surface area contributed by atoms with Crippen LogP contribution in [0.15, 0.2) is 40.4 Å². The Labute approximate surface area is 128 Å². The zero-order chi connectivity index (χ0) is 14.8. The number of fused-ring (bicyclic) bond motifs is 1. The van der Waals surface area contributed by atoms with Crippen LogP contribution in [0.25, 0.3) is 10.9 Å². The van der Waals surface area contributed by atoms with Crippen molar-refractivity contribution in [3.05, 3.63) is 51.8 Å². The van der Waals surface area contributed by atoms with Crippen LogP contribution >= 0.6 is 23.4 Å². The molecule has 3 rings (SSSR count). The van der Waals surface area contributed by atoms with Gasteiger partial charge in [0, 0.05) is 17.4 Å². The number of nitrogens with one attached hydrogen (secondary N) is 1. The number of benzene rings is 1. The largest absolute Gasteiger partial charge is 0.381 e. The lowest BCUT2D eigenvalue weighted by Crippen LogP contribution is -2.11. The summed E-state index contributed by atoms with van der Waals surface area (Å²) in [5.74, 6) is 1.35. The maximum atomic E-state index is 12.0. The van der Waals surface area contributed by atoms with E-state index in [0.29, 0.717) is 38.3 Å². The average molecular weight is 320 g/mol. The molecule has 0 amide bonds. The van der Waals surface area contributed by atoms with E-state index in [-0.39, 0.29) is 5.56 Å². The Bertz CT molecular complexity index is 867. The van der Waals surface area contributed by atoms with Crippen LogP contribution in [0.2, 0.25) is 5.02 Å².